The number of halogens is 2. The second kappa shape index (κ2) is 6.01. The van der Waals surface area contributed by atoms with Crippen LogP contribution in [0, 0.1) is 20.8 Å². The Morgan fingerprint density at radius 3 is 1.67 bits per heavy atom. The fourth-order valence-electron chi connectivity index (χ4n) is 1.17. The Morgan fingerprint density at radius 2 is 1.33 bits per heavy atom. The van der Waals surface area contributed by atoms with Crippen molar-refractivity contribution in [3.63, 3.8) is 0 Å². The van der Waals surface area contributed by atoms with Crippen LogP contribution >= 0.6 is 37.2 Å². The normalized spacial score (nSPS) is 8.75. The first-order valence-electron chi connectivity index (χ1n) is 3.52. The van der Waals surface area contributed by atoms with E-state index in [0.717, 1.165) is 11.1 Å². The van der Waals surface area contributed by atoms with Gasteiger partial charge < -0.3 is 5.11 Å². The van der Waals surface area contributed by atoms with Gasteiger partial charge >= 0.3 is 0 Å². The molecule has 0 fully saturated rings. The number of hydrogen-bond donors (Lipinski definition) is 1. The van der Waals surface area contributed by atoms with Crippen LogP contribution in [0.5, 0.6) is 5.75 Å². The lowest BCUT2D eigenvalue weighted by atomic mass is 10.1. The molecule has 1 aromatic carbocycles. The van der Waals surface area contributed by atoms with Crippen LogP contribution in [0.1, 0.15) is 16.7 Å². The van der Waals surface area contributed by atoms with E-state index in [4.69, 9.17) is 0 Å². The molecular formula is C9H12I2O. The summed E-state index contributed by atoms with van der Waals surface area (Å²) >= 11 is 4.24. The molecule has 1 rings (SSSR count). The van der Waals surface area contributed by atoms with Crippen molar-refractivity contribution in [2.45, 2.75) is 20.8 Å². The maximum atomic E-state index is 9.33. The van der Waals surface area contributed by atoms with Gasteiger partial charge in [-0.25, -0.2) is 0 Å². The fourth-order valence-corrected chi connectivity index (χ4v) is 1.17. The molecule has 0 saturated carbocycles. The molecule has 0 aromatic heterocycles. The van der Waals surface area contributed by atoms with E-state index in [0.29, 0.717) is 5.75 Å². The molecule has 0 atom stereocenters. The largest absolute Gasteiger partial charge is 0.507 e. The van der Waals surface area contributed by atoms with Crippen molar-refractivity contribution < 1.29 is 5.11 Å². The number of benzene rings is 1. The average Bonchev–Trinajstić information content (AvgIpc) is 2.04. The average molecular weight is 390 g/mol. The van der Waals surface area contributed by atoms with E-state index in [2.05, 4.69) is 37.2 Å². The molecule has 3 heteroatoms. The number of aryl methyl sites for hydroxylation is 3. The highest BCUT2D eigenvalue weighted by Gasteiger charge is 1.98. The molecule has 68 valence electrons. The Morgan fingerprint density at radius 1 is 1.00 bits per heavy atom. The standard InChI is InChI=1S/C9H12O.I2/c1-6-4-7(2)9(10)8(3)5-6;1-2/h4-5,10H,1-3H3;. The van der Waals surface area contributed by atoms with Gasteiger partial charge in [-0.3, -0.25) is 0 Å². The summed E-state index contributed by atoms with van der Waals surface area (Å²) in [5.41, 5.74) is 3.11. The van der Waals surface area contributed by atoms with E-state index in [-0.39, 0.29) is 0 Å². The Kier molecular flexibility index (Phi) is 6.25. The molecule has 0 aliphatic carbocycles. The lowest BCUT2D eigenvalue weighted by Gasteiger charge is -2.03. The SMILES string of the molecule is Cc1cc(C)c(O)c(C)c1.II. The Hall–Kier alpha value is 0.480. The molecular weight excluding hydrogens is 378 g/mol. The summed E-state index contributed by atoms with van der Waals surface area (Å²) < 4.78 is 0. The zero-order chi connectivity index (χ0) is 9.72. The maximum absolute atomic E-state index is 9.33. The highest BCUT2D eigenvalue weighted by atomic mass is 128. The van der Waals surface area contributed by atoms with Crippen LogP contribution in [0.3, 0.4) is 0 Å². The van der Waals surface area contributed by atoms with Gasteiger partial charge in [0.05, 0.1) is 0 Å². The van der Waals surface area contributed by atoms with Crippen molar-refractivity contribution >= 4 is 37.2 Å². The van der Waals surface area contributed by atoms with Crippen LogP contribution in [0.25, 0.3) is 0 Å². The number of hydrogen-bond acceptors (Lipinski definition) is 1. The third-order valence-electron chi connectivity index (χ3n) is 1.64. The molecule has 0 unspecified atom stereocenters. The van der Waals surface area contributed by atoms with Crippen molar-refractivity contribution in [3.05, 3.63) is 28.8 Å². The molecule has 0 amide bonds. The van der Waals surface area contributed by atoms with Crippen molar-refractivity contribution in [2.24, 2.45) is 0 Å². The van der Waals surface area contributed by atoms with Crippen LogP contribution in [0.15, 0.2) is 12.1 Å². The van der Waals surface area contributed by atoms with Gasteiger partial charge in [-0.15, -0.1) is 0 Å². The quantitative estimate of drug-likeness (QED) is 0.662. The summed E-state index contributed by atoms with van der Waals surface area (Å²) in [5.74, 6) is 0.422. The highest BCUT2D eigenvalue weighted by Crippen LogP contribution is 2.21. The van der Waals surface area contributed by atoms with Gasteiger partial charge in [0.25, 0.3) is 0 Å². The molecule has 0 saturated heterocycles. The Labute approximate surface area is 96.9 Å². The summed E-state index contributed by atoms with van der Waals surface area (Å²) in [7, 11) is 0. The molecule has 1 nitrogen and oxygen atoms in total. The molecule has 0 aliphatic rings. The number of aromatic hydroxyl groups is 1. The fraction of sp³-hybridized carbons (Fsp3) is 0.333. The lowest BCUT2D eigenvalue weighted by Crippen LogP contribution is -1.81. The molecule has 12 heavy (non-hydrogen) atoms. The molecule has 0 aliphatic heterocycles. The minimum atomic E-state index is 0.422. The first kappa shape index (κ1) is 12.5. The third kappa shape index (κ3) is 3.47. The molecule has 1 aromatic rings. The summed E-state index contributed by atoms with van der Waals surface area (Å²) in [6, 6.07) is 3.95. The summed E-state index contributed by atoms with van der Waals surface area (Å²) in [6.45, 7) is 5.85. The van der Waals surface area contributed by atoms with Crippen molar-refractivity contribution in [2.75, 3.05) is 0 Å². The molecule has 0 bridgehead atoms. The molecule has 0 radical (unpaired) electrons. The van der Waals surface area contributed by atoms with Gasteiger partial charge in [0.15, 0.2) is 0 Å². The number of phenols is 1. The summed E-state index contributed by atoms with van der Waals surface area (Å²) in [5, 5.41) is 9.33. The predicted octanol–water partition coefficient (Wildman–Crippen LogP) is 4.09. The van der Waals surface area contributed by atoms with Crippen LogP contribution in [0.2, 0.25) is 0 Å². The predicted molar refractivity (Wildman–Crippen MR) is 70.4 cm³/mol. The minimum absolute atomic E-state index is 0.422. The van der Waals surface area contributed by atoms with Gasteiger partial charge in [0.1, 0.15) is 5.75 Å². The molecule has 0 spiro atoms. The van der Waals surface area contributed by atoms with E-state index >= 15 is 0 Å². The van der Waals surface area contributed by atoms with E-state index < -0.39 is 0 Å². The van der Waals surface area contributed by atoms with E-state index in [1.165, 1.54) is 5.56 Å². The smallest absolute Gasteiger partial charge is 0.121 e. The van der Waals surface area contributed by atoms with E-state index in [9.17, 15) is 5.11 Å². The lowest BCUT2D eigenvalue weighted by molar-refractivity contribution is 0.466. The van der Waals surface area contributed by atoms with Crippen LogP contribution in [-0.2, 0) is 0 Å². The van der Waals surface area contributed by atoms with Gasteiger partial charge in [-0.05, 0) is 31.9 Å². The zero-order valence-electron chi connectivity index (χ0n) is 7.36. The number of phenolic OH excluding ortho intramolecular Hbond substituents is 1. The molecule has 0 heterocycles. The second-order valence-electron chi connectivity index (χ2n) is 2.75. The van der Waals surface area contributed by atoms with E-state index in [1.807, 2.05) is 32.9 Å². The first-order chi connectivity index (χ1) is 5.61. The van der Waals surface area contributed by atoms with Crippen LogP contribution in [-0.4, -0.2) is 5.11 Å². The van der Waals surface area contributed by atoms with Crippen molar-refractivity contribution in [1.29, 1.82) is 0 Å². The number of rotatable bonds is 0. The third-order valence-corrected chi connectivity index (χ3v) is 1.64. The summed E-state index contributed by atoms with van der Waals surface area (Å²) in [4.78, 5) is 0. The zero-order valence-corrected chi connectivity index (χ0v) is 11.7. The second-order valence-corrected chi connectivity index (χ2v) is 2.75. The van der Waals surface area contributed by atoms with Crippen molar-refractivity contribution in [3.8, 4) is 5.75 Å². The van der Waals surface area contributed by atoms with Gasteiger partial charge in [0, 0.05) is 37.2 Å². The topological polar surface area (TPSA) is 20.2 Å². The van der Waals surface area contributed by atoms with Crippen molar-refractivity contribution in [1.82, 2.24) is 0 Å². The minimum Gasteiger partial charge on any atom is -0.507 e. The Balaban J connectivity index is 0.000000561. The maximum Gasteiger partial charge on any atom is 0.121 e. The van der Waals surface area contributed by atoms with Crippen LogP contribution < -0.4 is 0 Å². The van der Waals surface area contributed by atoms with Gasteiger partial charge in [-0.1, -0.05) is 17.7 Å². The first-order valence-corrected chi connectivity index (χ1v) is 9.81. The van der Waals surface area contributed by atoms with Crippen LogP contribution in [0.4, 0.5) is 0 Å². The highest BCUT2D eigenvalue weighted by molar-refractivity contribution is 15.0. The van der Waals surface area contributed by atoms with Gasteiger partial charge in [0.2, 0.25) is 0 Å². The monoisotopic (exact) mass is 390 g/mol. The van der Waals surface area contributed by atoms with Gasteiger partial charge in [-0.2, -0.15) is 0 Å². The molecule has 1 N–H and O–H groups in total. The summed E-state index contributed by atoms with van der Waals surface area (Å²) in [6.07, 6.45) is 0. The Bertz CT molecular complexity index is 236. The van der Waals surface area contributed by atoms with E-state index in [1.54, 1.807) is 0 Å².